The molecule has 0 spiro atoms. The first kappa shape index (κ1) is 14.1. The van der Waals surface area contributed by atoms with Crippen LogP contribution in [0.2, 0.25) is 0 Å². The van der Waals surface area contributed by atoms with Gasteiger partial charge in [-0.15, -0.1) is 0 Å². The Morgan fingerprint density at radius 1 is 1.43 bits per heavy atom. The molecule has 1 aromatic heterocycles. The third kappa shape index (κ3) is 2.56. The number of fused-ring (bicyclic) bond motifs is 1. The summed E-state index contributed by atoms with van der Waals surface area (Å²) < 4.78 is 6.87. The molecule has 4 nitrogen and oxygen atoms in total. The normalized spacial score (nSPS) is 22.4. The van der Waals surface area contributed by atoms with Crippen LogP contribution in [0.1, 0.15) is 41.6 Å². The number of rotatable bonds is 2. The molecule has 1 N–H and O–H groups in total. The first-order valence-corrected chi connectivity index (χ1v) is 7.51. The van der Waals surface area contributed by atoms with Crippen molar-refractivity contribution >= 4 is 16.9 Å². The SMILES string of the molecule is COC(=O)c1cn(C)c2cc(C3CCNC(C)C3)ccc12. The highest BCUT2D eigenvalue weighted by molar-refractivity contribution is 6.04. The Bertz CT molecular complexity index is 675. The van der Waals surface area contributed by atoms with Crippen LogP contribution < -0.4 is 5.32 Å². The average Bonchev–Trinajstić information content (AvgIpc) is 2.83. The van der Waals surface area contributed by atoms with E-state index in [1.807, 2.05) is 17.8 Å². The van der Waals surface area contributed by atoms with Gasteiger partial charge >= 0.3 is 5.97 Å². The summed E-state index contributed by atoms with van der Waals surface area (Å²) in [6.07, 6.45) is 4.19. The van der Waals surface area contributed by atoms with Crippen molar-refractivity contribution in [2.45, 2.75) is 31.7 Å². The minimum atomic E-state index is -0.274. The number of nitrogens with zero attached hydrogens (tertiary/aromatic N) is 1. The van der Waals surface area contributed by atoms with Gasteiger partial charge in [0.2, 0.25) is 0 Å². The second-order valence-corrected chi connectivity index (χ2v) is 6.00. The third-order valence-corrected chi connectivity index (χ3v) is 4.52. The van der Waals surface area contributed by atoms with Gasteiger partial charge in [-0.05, 0) is 43.9 Å². The van der Waals surface area contributed by atoms with Gasteiger partial charge in [-0.2, -0.15) is 0 Å². The topological polar surface area (TPSA) is 43.3 Å². The molecule has 2 aromatic rings. The van der Waals surface area contributed by atoms with Crippen molar-refractivity contribution in [2.75, 3.05) is 13.7 Å². The van der Waals surface area contributed by atoms with Gasteiger partial charge in [-0.1, -0.05) is 12.1 Å². The van der Waals surface area contributed by atoms with Crippen LogP contribution in [-0.2, 0) is 11.8 Å². The van der Waals surface area contributed by atoms with Crippen molar-refractivity contribution in [1.82, 2.24) is 9.88 Å². The summed E-state index contributed by atoms with van der Waals surface area (Å²) in [5, 5.41) is 4.46. The number of hydrogen-bond donors (Lipinski definition) is 1. The maximum atomic E-state index is 11.8. The van der Waals surface area contributed by atoms with Crippen molar-refractivity contribution in [3.05, 3.63) is 35.5 Å². The molecule has 21 heavy (non-hydrogen) atoms. The van der Waals surface area contributed by atoms with Crippen molar-refractivity contribution < 1.29 is 9.53 Å². The predicted octanol–water partition coefficient (Wildman–Crippen LogP) is 2.82. The lowest BCUT2D eigenvalue weighted by molar-refractivity contribution is 0.0603. The molecule has 3 rings (SSSR count). The Morgan fingerprint density at radius 2 is 2.24 bits per heavy atom. The number of piperidine rings is 1. The van der Waals surface area contributed by atoms with Gasteiger partial charge in [0.25, 0.3) is 0 Å². The number of ether oxygens (including phenoxy) is 1. The third-order valence-electron chi connectivity index (χ3n) is 4.52. The molecule has 2 heterocycles. The van der Waals surface area contributed by atoms with Gasteiger partial charge in [0, 0.05) is 30.2 Å². The van der Waals surface area contributed by atoms with E-state index >= 15 is 0 Å². The quantitative estimate of drug-likeness (QED) is 0.863. The number of carbonyl (C=O) groups is 1. The highest BCUT2D eigenvalue weighted by Crippen LogP contribution is 2.31. The van der Waals surface area contributed by atoms with Crippen molar-refractivity contribution in [2.24, 2.45) is 7.05 Å². The lowest BCUT2D eigenvalue weighted by atomic mass is 9.86. The zero-order valence-electron chi connectivity index (χ0n) is 12.8. The Balaban J connectivity index is 2.00. The molecule has 0 bridgehead atoms. The largest absolute Gasteiger partial charge is 0.465 e. The number of benzene rings is 1. The van der Waals surface area contributed by atoms with Crippen molar-refractivity contribution in [3.63, 3.8) is 0 Å². The molecule has 1 saturated heterocycles. The van der Waals surface area contributed by atoms with Crippen LogP contribution in [0.25, 0.3) is 10.9 Å². The summed E-state index contributed by atoms with van der Waals surface area (Å²) >= 11 is 0. The Hall–Kier alpha value is -1.81. The molecule has 2 atom stereocenters. The second-order valence-electron chi connectivity index (χ2n) is 6.00. The molecule has 0 saturated carbocycles. The van der Waals surface area contributed by atoms with E-state index in [4.69, 9.17) is 4.74 Å². The Kier molecular flexibility index (Phi) is 3.72. The summed E-state index contributed by atoms with van der Waals surface area (Å²) in [5.74, 6) is 0.325. The Morgan fingerprint density at radius 3 is 2.95 bits per heavy atom. The number of hydrogen-bond acceptors (Lipinski definition) is 3. The predicted molar refractivity (Wildman–Crippen MR) is 83.7 cm³/mol. The summed E-state index contributed by atoms with van der Waals surface area (Å²) in [6.45, 7) is 3.31. The summed E-state index contributed by atoms with van der Waals surface area (Å²) in [4.78, 5) is 11.8. The van der Waals surface area contributed by atoms with Crippen LogP contribution in [0.3, 0.4) is 0 Å². The molecule has 1 aliphatic rings. The molecule has 0 aliphatic carbocycles. The molecule has 0 amide bonds. The molecule has 112 valence electrons. The number of nitrogens with one attached hydrogen (secondary N) is 1. The maximum absolute atomic E-state index is 11.8. The zero-order valence-corrected chi connectivity index (χ0v) is 12.8. The molecule has 1 aliphatic heterocycles. The maximum Gasteiger partial charge on any atom is 0.340 e. The molecular weight excluding hydrogens is 264 g/mol. The summed E-state index contributed by atoms with van der Waals surface area (Å²) in [5.41, 5.74) is 3.10. The number of aromatic nitrogens is 1. The zero-order chi connectivity index (χ0) is 15.0. The number of carbonyl (C=O) groups excluding carboxylic acids is 1. The van der Waals surface area contributed by atoms with E-state index in [0.29, 0.717) is 17.5 Å². The van der Waals surface area contributed by atoms with E-state index in [0.717, 1.165) is 17.4 Å². The van der Waals surface area contributed by atoms with Crippen LogP contribution in [0.4, 0.5) is 0 Å². The van der Waals surface area contributed by atoms with E-state index in [1.54, 1.807) is 0 Å². The lowest BCUT2D eigenvalue weighted by Gasteiger charge is -2.28. The average molecular weight is 286 g/mol. The van der Waals surface area contributed by atoms with E-state index in [1.165, 1.54) is 25.5 Å². The Labute approximate surface area is 125 Å². The highest BCUT2D eigenvalue weighted by Gasteiger charge is 2.21. The van der Waals surface area contributed by atoms with Gasteiger partial charge in [-0.3, -0.25) is 0 Å². The smallest absolute Gasteiger partial charge is 0.340 e. The lowest BCUT2D eigenvalue weighted by Crippen LogP contribution is -2.34. The molecule has 2 unspecified atom stereocenters. The number of aryl methyl sites for hydroxylation is 1. The first-order chi connectivity index (χ1) is 10.1. The highest BCUT2D eigenvalue weighted by atomic mass is 16.5. The summed E-state index contributed by atoms with van der Waals surface area (Å²) in [6, 6.07) is 7.02. The van der Waals surface area contributed by atoms with Crippen molar-refractivity contribution in [1.29, 1.82) is 0 Å². The van der Waals surface area contributed by atoms with Gasteiger partial charge < -0.3 is 14.6 Å². The molecule has 4 heteroatoms. The molecule has 1 fully saturated rings. The summed E-state index contributed by atoms with van der Waals surface area (Å²) in [7, 11) is 3.40. The van der Waals surface area contributed by atoms with Gasteiger partial charge in [-0.25, -0.2) is 4.79 Å². The standard InChI is InChI=1S/C17H22N2O2/c1-11-8-13(6-7-18-11)12-4-5-14-15(17(20)21-3)10-19(2)16(14)9-12/h4-5,9-11,13,18H,6-8H2,1-3H3. The number of methoxy groups -OCH3 is 1. The number of esters is 1. The van der Waals surface area contributed by atoms with Crippen LogP contribution in [0, 0.1) is 0 Å². The van der Waals surface area contributed by atoms with Gasteiger partial charge in [0.05, 0.1) is 12.7 Å². The van der Waals surface area contributed by atoms with E-state index in [2.05, 4.69) is 30.4 Å². The first-order valence-electron chi connectivity index (χ1n) is 7.51. The monoisotopic (exact) mass is 286 g/mol. The van der Waals surface area contributed by atoms with Crippen LogP contribution in [0.15, 0.2) is 24.4 Å². The van der Waals surface area contributed by atoms with Gasteiger partial charge in [0.15, 0.2) is 0 Å². The molecular formula is C17H22N2O2. The van der Waals surface area contributed by atoms with Crippen molar-refractivity contribution in [3.8, 4) is 0 Å². The fourth-order valence-electron chi connectivity index (χ4n) is 3.36. The van der Waals surface area contributed by atoms with Crippen LogP contribution >= 0.6 is 0 Å². The van der Waals surface area contributed by atoms with E-state index in [-0.39, 0.29) is 5.97 Å². The van der Waals surface area contributed by atoms with E-state index in [9.17, 15) is 4.79 Å². The van der Waals surface area contributed by atoms with Gasteiger partial charge in [0.1, 0.15) is 0 Å². The molecule has 0 radical (unpaired) electrons. The fourth-order valence-corrected chi connectivity index (χ4v) is 3.36. The molecule has 1 aromatic carbocycles. The fraction of sp³-hybridized carbons (Fsp3) is 0.471. The van der Waals surface area contributed by atoms with Crippen LogP contribution in [0.5, 0.6) is 0 Å². The van der Waals surface area contributed by atoms with Crippen LogP contribution in [-0.4, -0.2) is 30.2 Å². The van der Waals surface area contributed by atoms with E-state index < -0.39 is 0 Å². The minimum Gasteiger partial charge on any atom is -0.465 e. The minimum absolute atomic E-state index is 0.274. The second kappa shape index (κ2) is 5.53.